The van der Waals surface area contributed by atoms with Gasteiger partial charge in [0.25, 0.3) is 0 Å². The molecule has 1 aliphatic heterocycles. The van der Waals surface area contributed by atoms with Gasteiger partial charge >= 0.3 is 0 Å². The Bertz CT molecular complexity index is 798. The molecular weight excluding hydrogens is 318 g/mol. The maximum Gasteiger partial charge on any atom is 0.213 e. The molecule has 2 N–H and O–H groups in total. The highest BCUT2D eigenvalue weighted by molar-refractivity contribution is 7.80. The maximum absolute atomic E-state index is 11.1. The van der Waals surface area contributed by atoms with Crippen LogP contribution in [0.5, 0.6) is 0 Å². The van der Waals surface area contributed by atoms with E-state index in [1.165, 1.54) is 0 Å². The Kier molecular flexibility index (Phi) is 4.35. The van der Waals surface area contributed by atoms with Gasteiger partial charge in [0, 0.05) is 19.1 Å². The number of piperidine rings is 1. The van der Waals surface area contributed by atoms with Gasteiger partial charge in [-0.2, -0.15) is 9.83 Å². The van der Waals surface area contributed by atoms with E-state index in [2.05, 4.69) is 11.4 Å². The first-order valence-corrected chi connectivity index (χ1v) is 8.32. The third-order valence-corrected chi connectivity index (χ3v) is 5.02. The fourth-order valence-corrected chi connectivity index (χ4v) is 3.99. The van der Waals surface area contributed by atoms with E-state index in [-0.39, 0.29) is 12.0 Å². The monoisotopic (exact) mass is 338 g/mol. The van der Waals surface area contributed by atoms with Crippen LogP contribution in [-0.2, 0) is 0 Å². The van der Waals surface area contributed by atoms with Crippen LogP contribution in [0.2, 0.25) is 0 Å². The molecule has 1 saturated heterocycles. The SMILES string of the molecule is Cc1cccc[n+]1[C@@H]1[C@@H](c2ccccc2)[C@H](C#N)C(=S)N[C@]1(C)O. The van der Waals surface area contributed by atoms with Gasteiger partial charge in [0.05, 0.1) is 17.0 Å². The van der Waals surface area contributed by atoms with Crippen molar-refractivity contribution in [1.29, 1.82) is 5.26 Å². The molecule has 1 aliphatic rings. The zero-order chi connectivity index (χ0) is 17.3. The Labute approximate surface area is 147 Å². The zero-order valence-corrected chi connectivity index (χ0v) is 14.5. The summed E-state index contributed by atoms with van der Waals surface area (Å²) in [5, 5.41) is 23.8. The Morgan fingerprint density at radius 1 is 1.21 bits per heavy atom. The van der Waals surface area contributed by atoms with Crippen molar-refractivity contribution in [3.05, 3.63) is 66.0 Å². The van der Waals surface area contributed by atoms with E-state index < -0.39 is 11.6 Å². The summed E-state index contributed by atoms with van der Waals surface area (Å²) in [6.07, 6.45) is 1.94. The molecule has 1 aromatic heterocycles. The number of aryl methyl sites for hydroxylation is 1. The van der Waals surface area contributed by atoms with Crippen molar-refractivity contribution < 1.29 is 9.67 Å². The minimum Gasteiger partial charge on any atom is -0.366 e. The van der Waals surface area contributed by atoms with E-state index in [1.54, 1.807) is 6.92 Å². The number of aromatic nitrogens is 1. The van der Waals surface area contributed by atoms with Gasteiger partial charge in [-0.3, -0.25) is 0 Å². The number of hydrogen-bond donors (Lipinski definition) is 2. The molecule has 1 fully saturated rings. The smallest absolute Gasteiger partial charge is 0.213 e. The summed E-state index contributed by atoms with van der Waals surface area (Å²) < 4.78 is 2.02. The molecule has 0 aliphatic carbocycles. The molecule has 0 unspecified atom stereocenters. The quantitative estimate of drug-likeness (QED) is 0.652. The van der Waals surface area contributed by atoms with Crippen molar-refractivity contribution in [3.8, 4) is 6.07 Å². The highest BCUT2D eigenvalue weighted by Gasteiger charge is 2.55. The zero-order valence-electron chi connectivity index (χ0n) is 13.7. The number of hydrogen-bond acceptors (Lipinski definition) is 3. The molecule has 0 spiro atoms. The number of thiocarbonyl (C=S) groups is 1. The lowest BCUT2D eigenvalue weighted by atomic mass is 9.73. The average Bonchev–Trinajstić information content (AvgIpc) is 2.55. The lowest BCUT2D eigenvalue weighted by molar-refractivity contribution is -0.747. The predicted molar refractivity (Wildman–Crippen MR) is 95.1 cm³/mol. The molecule has 0 saturated carbocycles. The summed E-state index contributed by atoms with van der Waals surface area (Å²) in [6.45, 7) is 3.71. The highest BCUT2D eigenvalue weighted by atomic mass is 32.1. The molecule has 2 aromatic rings. The second kappa shape index (κ2) is 6.31. The molecule has 24 heavy (non-hydrogen) atoms. The van der Waals surface area contributed by atoms with E-state index in [4.69, 9.17) is 12.2 Å². The summed E-state index contributed by atoms with van der Waals surface area (Å²) in [7, 11) is 0. The van der Waals surface area contributed by atoms with Gasteiger partial charge in [-0.15, -0.1) is 0 Å². The molecule has 122 valence electrons. The Balaban J connectivity index is 2.22. The van der Waals surface area contributed by atoms with Crippen molar-refractivity contribution in [3.63, 3.8) is 0 Å². The molecule has 4 atom stereocenters. The highest BCUT2D eigenvalue weighted by Crippen LogP contribution is 2.42. The third-order valence-electron chi connectivity index (χ3n) is 4.66. The van der Waals surface area contributed by atoms with Gasteiger partial charge in [-0.1, -0.05) is 48.6 Å². The van der Waals surface area contributed by atoms with Crippen LogP contribution in [0.1, 0.15) is 30.1 Å². The topological polar surface area (TPSA) is 59.9 Å². The van der Waals surface area contributed by atoms with Gasteiger partial charge in [-0.05, 0) is 12.5 Å². The van der Waals surface area contributed by atoms with Gasteiger partial charge in [0.2, 0.25) is 6.04 Å². The first kappa shape index (κ1) is 16.6. The number of aliphatic hydroxyl groups is 1. The molecule has 0 radical (unpaired) electrons. The summed E-state index contributed by atoms with van der Waals surface area (Å²) in [5.41, 5.74) is 0.741. The Morgan fingerprint density at radius 3 is 2.50 bits per heavy atom. The van der Waals surface area contributed by atoms with Crippen LogP contribution in [0.15, 0.2) is 54.7 Å². The molecule has 0 amide bonds. The summed E-state index contributed by atoms with van der Waals surface area (Å²) >= 11 is 5.39. The molecule has 4 nitrogen and oxygen atoms in total. The van der Waals surface area contributed by atoms with Crippen LogP contribution in [-0.4, -0.2) is 15.8 Å². The van der Waals surface area contributed by atoms with Crippen LogP contribution in [0.3, 0.4) is 0 Å². The van der Waals surface area contributed by atoms with Gasteiger partial charge in [-0.25, -0.2) is 0 Å². The van der Waals surface area contributed by atoms with E-state index in [1.807, 2.05) is 66.2 Å². The maximum atomic E-state index is 11.1. The fraction of sp³-hybridized carbons (Fsp3) is 0.316. The number of nitriles is 1. The van der Waals surface area contributed by atoms with Crippen LogP contribution >= 0.6 is 12.2 Å². The average molecular weight is 338 g/mol. The molecule has 3 rings (SSSR count). The van der Waals surface area contributed by atoms with Gasteiger partial charge in [0.1, 0.15) is 5.92 Å². The number of pyridine rings is 1. The second-order valence-electron chi connectivity index (χ2n) is 6.37. The van der Waals surface area contributed by atoms with Crippen molar-refractivity contribution >= 4 is 17.2 Å². The first-order valence-electron chi connectivity index (χ1n) is 7.91. The number of nitrogens with one attached hydrogen (secondary N) is 1. The molecule has 5 heteroatoms. The third kappa shape index (κ3) is 2.79. The summed E-state index contributed by atoms with van der Waals surface area (Å²) in [6, 6.07) is 17.7. The van der Waals surface area contributed by atoms with Crippen LogP contribution in [0.25, 0.3) is 0 Å². The van der Waals surface area contributed by atoms with E-state index >= 15 is 0 Å². The Hall–Kier alpha value is -2.29. The number of rotatable bonds is 2. The van der Waals surface area contributed by atoms with Crippen LogP contribution in [0.4, 0.5) is 0 Å². The second-order valence-corrected chi connectivity index (χ2v) is 6.81. The number of nitrogens with zero attached hydrogens (tertiary/aromatic N) is 2. The minimum absolute atomic E-state index is 0.244. The Morgan fingerprint density at radius 2 is 1.88 bits per heavy atom. The number of benzene rings is 1. The van der Waals surface area contributed by atoms with Crippen molar-refractivity contribution in [2.45, 2.75) is 31.5 Å². The van der Waals surface area contributed by atoms with E-state index in [0.717, 1.165) is 11.3 Å². The van der Waals surface area contributed by atoms with Gasteiger partial charge in [0.15, 0.2) is 17.6 Å². The van der Waals surface area contributed by atoms with Crippen molar-refractivity contribution in [1.82, 2.24) is 5.32 Å². The van der Waals surface area contributed by atoms with E-state index in [9.17, 15) is 10.4 Å². The lowest BCUT2D eigenvalue weighted by Crippen LogP contribution is -2.68. The molecule has 2 heterocycles. The summed E-state index contributed by atoms with van der Waals surface area (Å²) in [5.74, 6) is -0.745. The largest absolute Gasteiger partial charge is 0.366 e. The van der Waals surface area contributed by atoms with E-state index in [0.29, 0.717) is 4.99 Å². The van der Waals surface area contributed by atoms with Crippen molar-refractivity contribution in [2.75, 3.05) is 0 Å². The minimum atomic E-state index is -1.26. The summed E-state index contributed by atoms with van der Waals surface area (Å²) in [4.78, 5) is 0.391. The van der Waals surface area contributed by atoms with Crippen molar-refractivity contribution in [2.24, 2.45) is 5.92 Å². The molecule has 0 bridgehead atoms. The first-order chi connectivity index (χ1) is 11.5. The standard InChI is InChI=1S/C19H19N3OS/c1-13-8-6-7-11-22(13)17-16(14-9-4-3-5-10-14)15(12-20)18(24)21-19(17,2)23/h3-11,15-17,23H,1-2H3/p+1/t15-,16-,17+,19+/m0/s1. The molecular formula is C19H20N3OS+. The fourth-order valence-electron chi connectivity index (χ4n) is 3.58. The van der Waals surface area contributed by atoms with Gasteiger partial charge < -0.3 is 10.4 Å². The van der Waals surface area contributed by atoms with Crippen LogP contribution in [0, 0.1) is 24.2 Å². The molecule has 1 aromatic carbocycles. The normalized spacial score (nSPS) is 29.6. The predicted octanol–water partition coefficient (Wildman–Crippen LogP) is 2.39. The van der Waals surface area contributed by atoms with Crippen LogP contribution < -0.4 is 9.88 Å². The lowest BCUT2D eigenvalue weighted by Gasteiger charge is -2.42.